The smallest absolute Gasteiger partial charge is 0.120 e. The summed E-state index contributed by atoms with van der Waals surface area (Å²) < 4.78 is 12.0. The lowest BCUT2D eigenvalue weighted by atomic mass is 10.1. The fourth-order valence-electron chi connectivity index (χ4n) is 2.03. The van der Waals surface area contributed by atoms with Crippen LogP contribution in [0.25, 0.3) is 0 Å². The van der Waals surface area contributed by atoms with Gasteiger partial charge in [0.15, 0.2) is 0 Å². The lowest BCUT2D eigenvalue weighted by Crippen LogP contribution is -2.18. The first-order valence-electron chi connectivity index (χ1n) is 6.88. The summed E-state index contributed by atoms with van der Waals surface area (Å²) in [5, 5.41) is 0. The van der Waals surface area contributed by atoms with Crippen LogP contribution in [0.1, 0.15) is 18.1 Å². The maximum Gasteiger partial charge on any atom is 0.120 e. The topological polar surface area (TPSA) is 44.5 Å². The van der Waals surface area contributed by atoms with Gasteiger partial charge in [0.2, 0.25) is 0 Å². The van der Waals surface area contributed by atoms with E-state index in [4.69, 9.17) is 15.2 Å². The van der Waals surface area contributed by atoms with E-state index in [1.54, 1.807) is 7.11 Å². The second-order valence-corrected chi connectivity index (χ2v) is 5.93. The Kier molecular flexibility index (Phi) is 5.65. The molecule has 3 nitrogen and oxygen atoms in total. The van der Waals surface area contributed by atoms with Gasteiger partial charge in [-0.05, 0) is 54.8 Å². The van der Waals surface area contributed by atoms with E-state index in [1.807, 2.05) is 49.4 Å². The summed E-state index contributed by atoms with van der Waals surface area (Å²) >= 11 is 3.55. The highest BCUT2D eigenvalue weighted by atomic mass is 79.9. The Hall–Kier alpha value is -1.52. The zero-order chi connectivity index (χ0) is 15.2. The maximum absolute atomic E-state index is 5.86. The molecule has 1 unspecified atom stereocenters. The third-order valence-electron chi connectivity index (χ3n) is 3.12. The molecule has 2 rings (SSSR count). The van der Waals surface area contributed by atoms with E-state index in [2.05, 4.69) is 15.9 Å². The molecular formula is C17H20BrNO2. The van der Waals surface area contributed by atoms with E-state index in [0.717, 1.165) is 33.5 Å². The van der Waals surface area contributed by atoms with Gasteiger partial charge in [-0.25, -0.2) is 0 Å². The molecule has 0 aliphatic carbocycles. The van der Waals surface area contributed by atoms with Crippen LogP contribution in [-0.2, 0) is 13.0 Å². The van der Waals surface area contributed by atoms with Crippen molar-refractivity contribution in [2.75, 3.05) is 7.11 Å². The molecule has 0 saturated heterocycles. The molecule has 0 amide bonds. The van der Waals surface area contributed by atoms with E-state index in [0.29, 0.717) is 6.61 Å². The van der Waals surface area contributed by atoms with Crippen LogP contribution >= 0.6 is 15.9 Å². The van der Waals surface area contributed by atoms with E-state index < -0.39 is 0 Å². The molecule has 0 fully saturated rings. The van der Waals surface area contributed by atoms with Crippen molar-refractivity contribution in [2.24, 2.45) is 5.73 Å². The number of hydrogen-bond donors (Lipinski definition) is 1. The summed E-state index contributed by atoms with van der Waals surface area (Å²) in [6.45, 7) is 2.53. The predicted octanol–water partition coefficient (Wildman–Crippen LogP) is 3.93. The Bertz CT molecular complexity index is 582. The van der Waals surface area contributed by atoms with Crippen molar-refractivity contribution in [1.29, 1.82) is 0 Å². The van der Waals surface area contributed by atoms with Gasteiger partial charge in [-0.15, -0.1) is 0 Å². The summed E-state index contributed by atoms with van der Waals surface area (Å²) in [7, 11) is 1.66. The van der Waals surface area contributed by atoms with Crippen LogP contribution in [0.2, 0.25) is 0 Å². The van der Waals surface area contributed by atoms with Crippen molar-refractivity contribution in [2.45, 2.75) is 26.0 Å². The highest BCUT2D eigenvalue weighted by Gasteiger charge is 2.05. The molecule has 0 aromatic heterocycles. The van der Waals surface area contributed by atoms with Gasteiger partial charge in [0.25, 0.3) is 0 Å². The van der Waals surface area contributed by atoms with Gasteiger partial charge in [-0.3, -0.25) is 0 Å². The summed E-state index contributed by atoms with van der Waals surface area (Å²) in [6, 6.07) is 14.0. The molecule has 112 valence electrons. The molecule has 2 aromatic rings. The molecule has 0 aliphatic rings. The third-order valence-corrected chi connectivity index (χ3v) is 3.90. The molecule has 2 N–H and O–H groups in total. The SMILES string of the molecule is COc1ccc(COc2ccc(Br)c(CC(C)N)c2)cc1. The van der Waals surface area contributed by atoms with Gasteiger partial charge < -0.3 is 15.2 Å². The first-order valence-corrected chi connectivity index (χ1v) is 7.67. The fraction of sp³-hybridized carbons (Fsp3) is 0.294. The molecule has 0 heterocycles. The normalized spacial score (nSPS) is 12.0. The average Bonchev–Trinajstić information content (AvgIpc) is 2.48. The van der Waals surface area contributed by atoms with E-state index >= 15 is 0 Å². The number of rotatable bonds is 6. The summed E-state index contributed by atoms with van der Waals surface area (Å²) in [6.07, 6.45) is 0.820. The molecule has 0 bridgehead atoms. The maximum atomic E-state index is 5.86. The predicted molar refractivity (Wildman–Crippen MR) is 88.8 cm³/mol. The molecular weight excluding hydrogens is 330 g/mol. The number of ether oxygens (including phenoxy) is 2. The van der Waals surface area contributed by atoms with Crippen molar-refractivity contribution in [3.63, 3.8) is 0 Å². The molecule has 1 atom stereocenters. The largest absolute Gasteiger partial charge is 0.497 e. The second kappa shape index (κ2) is 7.48. The molecule has 4 heteroatoms. The van der Waals surface area contributed by atoms with Gasteiger partial charge in [0.1, 0.15) is 18.1 Å². The van der Waals surface area contributed by atoms with Crippen LogP contribution in [0.4, 0.5) is 0 Å². The molecule has 0 radical (unpaired) electrons. The summed E-state index contributed by atoms with van der Waals surface area (Å²) in [5.41, 5.74) is 8.13. The van der Waals surface area contributed by atoms with Crippen LogP contribution in [-0.4, -0.2) is 13.2 Å². The minimum Gasteiger partial charge on any atom is -0.497 e. The van der Waals surface area contributed by atoms with Gasteiger partial charge in [0.05, 0.1) is 7.11 Å². The summed E-state index contributed by atoms with van der Waals surface area (Å²) in [5.74, 6) is 1.70. The highest BCUT2D eigenvalue weighted by molar-refractivity contribution is 9.10. The van der Waals surface area contributed by atoms with Crippen molar-refractivity contribution in [1.82, 2.24) is 0 Å². The number of methoxy groups -OCH3 is 1. The zero-order valence-corrected chi connectivity index (χ0v) is 13.9. The van der Waals surface area contributed by atoms with Crippen molar-refractivity contribution < 1.29 is 9.47 Å². The number of hydrogen-bond acceptors (Lipinski definition) is 3. The second-order valence-electron chi connectivity index (χ2n) is 5.07. The number of benzene rings is 2. The monoisotopic (exact) mass is 349 g/mol. The molecule has 0 spiro atoms. The van der Waals surface area contributed by atoms with Gasteiger partial charge >= 0.3 is 0 Å². The summed E-state index contributed by atoms with van der Waals surface area (Å²) in [4.78, 5) is 0. The molecule has 0 aliphatic heterocycles. The van der Waals surface area contributed by atoms with Crippen LogP contribution < -0.4 is 15.2 Å². The van der Waals surface area contributed by atoms with E-state index in [1.165, 1.54) is 0 Å². The number of halogens is 1. The van der Waals surface area contributed by atoms with Crippen LogP contribution in [0.5, 0.6) is 11.5 Å². The highest BCUT2D eigenvalue weighted by Crippen LogP contribution is 2.24. The fourth-order valence-corrected chi connectivity index (χ4v) is 2.44. The van der Waals surface area contributed by atoms with Gasteiger partial charge in [0, 0.05) is 10.5 Å². The molecule has 2 aromatic carbocycles. The van der Waals surface area contributed by atoms with Crippen LogP contribution in [0, 0.1) is 0 Å². The van der Waals surface area contributed by atoms with Gasteiger partial charge in [-0.2, -0.15) is 0 Å². The van der Waals surface area contributed by atoms with Crippen molar-refractivity contribution in [3.05, 3.63) is 58.1 Å². The zero-order valence-electron chi connectivity index (χ0n) is 12.3. The lowest BCUT2D eigenvalue weighted by Gasteiger charge is -2.11. The Morgan fingerprint density at radius 2 is 1.76 bits per heavy atom. The average molecular weight is 350 g/mol. The third kappa shape index (κ3) is 4.76. The standard InChI is InChI=1S/C17H20BrNO2/c1-12(19)9-14-10-16(7-8-17(14)18)21-11-13-3-5-15(20-2)6-4-13/h3-8,10,12H,9,11,19H2,1-2H3. The van der Waals surface area contributed by atoms with Crippen LogP contribution in [0.15, 0.2) is 46.9 Å². The van der Waals surface area contributed by atoms with E-state index in [9.17, 15) is 0 Å². The Balaban J connectivity index is 2.02. The van der Waals surface area contributed by atoms with Crippen molar-refractivity contribution in [3.8, 4) is 11.5 Å². The van der Waals surface area contributed by atoms with E-state index in [-0.39, 0.29) is 6.04 Å². The number of nitrogens with two attached hydrogens (primary N) is 1. The Labute approximate surface area is 134 Å². The van der Waals surface area contributed by atoms with Crippen LogP contribution in [0.3, 0.4) is 0 Å². The first-order chi connectivity index (χ1) is 10.1. The Morgan fingerprint density at radius 1 is 1.10 bits per heavy atom. The van der Waals surface area contributed by atoms with Gasteiger partial charge in [-0.1, -0.05) is 28.1 Å². The minimum absolute atomic E-state index is 0.123. The lowest BCUT2D eigenvalue weighted by molar-refractivity contribution is 0.305. The Morgan fingerprint density at radius 3 is 2.38 bits per heavy atom. The molecule has 21 heavy (non-hydrogen) atoms. The minimum atomic E-state index is 0.123. The first kappa shape index (κ1) is 15.9. The van der Waals surface area contributed by atoms with Crippen molar-refractivity contribution >= 4 is 15.9 Å². The quantitative estimate of drug-likeness (QED) is 0.859. The molecule has 0 saturated carbocycles.